The molecule has 0 amide bonds. The topological polar surface area (TPSA) is 21.3 Å². The predicted octanol–water partition coefficient (Wildman–Crippen LogP) is 6.46. The van der Waals surface area contributed by atoms with Gasteiger partial charge in [0.05, 0.1) is 0 Å². The molecule has 0 aromatic heterocycles. The van der Waals surface area contributed by atoms with E-state index < -0.39 is 0 Å². The van der Waals surface area contributed by atoms with Crippen LogP contribution in [-0.2, 0) is 13.2 Å². The third kappa shape index (κ3) is 6.36. The highest BCUT2D eigenvalue weighted by Gasteiger charge is 2.11. The molecule has 1 N–H and O–H groups in total. The van der Waals surface area contributed by atoms with E-state index in [1.54, 1.807) is 12.1 Å². The van der Waals surface area contributed by atoms with Crippen LogP contribution >= 0.6 is 12.4 Å². The van der Waals surface area contributed by atoms with Gasteiger partial charge in [0, 0.05) is 18.2 Å². The maximum atomic E-state index is 13.0. The molecule has 148 valence electrons. The van der Waals surface area contributed by atoms with Crippen molar-refractivity contribution in [3.63, 3.8) is 0 Å². The van der Waals surface area contributed by atoms with Crippen molar-refractivity contribution in [1.82, 2.24) is 5.32 Å². The second-order valence-electron chi connectivity index (χ2n) is 6.66. The number of ether oxygens (including phenoxy) is 1. The highest BCUT2D eigenvalue weighted by atomic mass is 35.5. The summed E-state index contributed by atoms with van der Waals surface area (Å²) in [4.78, 5) is 0. The van der Waals surface area contributed by atoms with Crippen molar-refractivity contribution >= 4 is 12.4 Å². The first kappa shape index (κ1) is 21.9. The lowest BCUT2D eigenvalue weighted by molar-refractivity contribution is 0.301. The van der Waals surface area contributed by atoms with E-state index in [1.165, 1.54) is 17.7 Å². The summed E-state index contributed by atoms with van der Waals surface area (Å²) < 4.78 is 19.0. The Balaban J connectivity index is 0.00000280. The van der Waals surface area contributed by atoms with E-state index >= 15 is 0 Å². The SMILES string of the molecule is CCCC(NCc1ccccc1OCc1ccc(F)cc1)c1ccccc1.Cl. The zero-order valence-electron chi connectivity index (χ0n) is 16.1. The van der Waals surface area contributed by atoms with Gasteiger partial charge in [-0.2, -0.15) is 0 Å². The summed E-state index contributed by atoms with van der Waals surface area (Å²) in [5, 5.41) is 3.67. The number of benzene rings is 3. The Hall–Kier alpha value is -2.36. The van der Waals surface area contributed by atoms with Gasteiger partial charge >= 0.3 is 0 Å². The van der Waals surface area contributed by atoms with Crippen LogP contribution in [0.15, 0.2) is 78.9 Å². The summed E-state index contributed by atoms with van der Waals surface area (Å²) >= 11 is 0. The molecule has 0 saturated heterocycles. The second-order valence-corrected chi connectivity index (χ2v) is 6.66. The molecule has 2 nitrogen and oxygen atoms in total. The molecule has 28 heavy (non-hydrogen) atoms. The maximum absolute atomic E-state index is 13.0. The number of hydrogen-bond donors (Lipinski definition) is 1. The quantitative estimate of drug-likeness (QED) is 0.446. The van der Waals surface area contributed by atoms with E-state index in [4.69, 9.17) is 4.74 Å². The first-order valence-corrected chi connectivity index (χ1v) is 9.49. The predicted molar refractivity (Wildman–Crippen MR) is 115 cm³/mol. The molecule has 0 aliphatic carbocycles. The van der Waals surface area contributed by atoms with Gasteiger partial charge in [-0.3, -0.25) is 0 Å². The molecule has 0 aliphatic rings. The fourth-order valence-corrected chi connectivity index (χ4v) is 3.13. The Morgan fingerprint density at radius 1 is 0.893 bits per heavy atom. The molecule has 0 bridgehead atoms. The zero-order chi connectivity index (χ0) is 18.9. The van der Waals surface area contributed by atoms with Crippen LogP contribution in [0.3, 0.4) is 0 Å². The van der Waals surface area contributed by atoms with Crippen molar-refractivity contribution in [3.05, 3.63) is 101 Å². The van der Waals surface area contributed by atoms with E-state index in [0.29, 0.717) is 12.6 Å². The van der Waals surface area contributed by atoms with Crippen molar-refractivity contribution in [2.45, 2.75) is 39.0 Å². The molecule has 0 heterocycles. The summed E-state index contributed by atoms with van der Waals surface area (Å²) in [5.74, 6) is 0.629. The molecule has 4 heteroatoms. The number of nitrogens with one attached hydrogen (secondary N) is 1. The second kappa shape index (κ2) is 11.5. The Bertz CT molecular complexity index is 824. The van der Waals surface area contributed by atoms with Crippen LogP contribution in [0.5, 0.6) is 5.75 Å². The molecule has 0 fully saturated rings. The third-order valence-electron chi connectivity index (χ3n) is 4.60. The Labute approximate surface area is 173 Å². The zero-order valence-corrected chi connectivity index (χ0v) is 16.9. The van der Waals surface area contributed by atoms with E-state index in [9.17, 15) is 4.39 Å². The van der Waals surface area contributed by atoms with Gasteiger partial charge < -0.3 is 10.1 Å². The van der Waals surface area contributed by atoms with Crippen LogP contribution < -0.4 is 10.1 Å². The summed E-state index contributed by atoms with van der Waals surface area (Å²) in [6.45, 7) is 3.37. The summed E-state index contributed by atoms with van der Waals surface area (Å²) in [5.41, 5.74) is 3.38. The van der Waals surface area contributed by atoms with E-state index in [1.807, 2.05) is 24.3 Å². The number of halogens is 2. The Morgan fingerprint density at radius 2 is 1.57 bits per heavy atom. The summed E-state index contributed by atoms with van der Waals surface area (Å²) in [6, 6.07) is 25.4. The maximum Gasteiger partial charge on any atom is 0.124 e. The lowest BCUT2D eigenvalue weighted by Gasteiger charge is -2.20. The number of hydrogen-bond acceptors (Lipinski definition) is 2. The summed E-state index contributed by atoms with van der Waals surface area (Å²) in [7, 11) is 0. The van der Waals surface area contributed by atoms with Gasteiger partial charge in [0.2, 0.25) is 0 Å². The van der Waals surface area contributed by atoms with Crippen LogP contribution in [0, 0.1) is 5.82 Å². The van der Waals surface area contributed by atoms with Crippen molar-refractivity contribution < 1.29 is 9.13 Å². The molecule has 0 saturated carbocycles. The minimum Gasteiger partial charge on any atom is -0.489 e. The molecular formula is C24H27ClFNO. The standard InChI is InChI=1S/C24H26FNO.ClH/c1-2-8-23(20-9-4-3-5-10-20)26-17-21-11-6-7-12-24(21)27-18-19-13-15-22(25)16-14-19;/h3-7,9-16,23,26H,2,8,17-18H2,1H3;1H. The lowest BCUT2D eigenvalue weighted by Crippen LogP contribution is -2.21. The van der Waals surface area contributed by atoms with Crippen molar-refractivity contribution in [3.8, 4) is 5.75 Å². The monoisotopic (exact) mass is 399 g/mol. The lowest BCUT2D eigenvalue weighted by atomic mass is 10.0. The number of rotatable bonds is 9. The molecule has 1 unspecified atom stereocenters. The van der Waals surface area contributed by atoms with Crippen LogP contribution in [0.1, 0.15) is 42.5 Å². The fraction of sp³-hybridized carbons (Fsp3) is 0.250. The van der Waals surface area contributed by atoms with Gasteiger partial charge in [-0.25, -0.2) is 4.39 Å². The van der Waals surface area contributed by atoms with Crippen LogP contribution in [0.25, 0.3) is 0 Å². The van der Waals surface area contributed by atoms with E-state index in [2.05, 4.69) is 42.6 Å². The van der Waals surface area contributed by atoms with E-state index in [-0.39, 0.29) is 18.2 Å². The van der Waals surface area contributed by atoms with Gasteiger partial charge in [0.25, 0.3) is 0 Å². The van der Waals surface area contributed by atoms with E-state index in [0.717, 1.165) is 36.3 Å². The first-order chi connectivity index (χ1) is 13.3. The van der Waals surface area contributed by atoms with Gasteiger partial charge in [-0.05, 0) is 35.7 Å². The van der Waals surface area contributed by atoms with Gasteiger partial charge in [-0.15, -0.1) is 12.4 Å². The highest BCUT2D eigenvalue weighted by Crippen LogP contribution is 2.23. The molecule has 3 aromatic carbocycles. The Morgan fingerprint density at radius 3 is 2.29 bits per heavy atom. The molecule has 1 atom stereocenters. The van der Waals surface area contributed by atoms with Crippen LogP contribution in [0.2, 0.25) is 0 Å². The fourth-order valence-electron chi connectivity index (χ4n) is 3.13. The average Bonchev–Trinajstić information content (AvgIpc) is 2.72. The third-order valence-corrected chi connectivity index (χ3v) is 4.60. The molecule has 3 aromatic rings. The molecule has 0 spiro atoms. The summed E-state index contributed by atoms with van der Waals surface area (Å²) in [6.07, 6.45) is 2.21. The Kier molecular flexibility index (Phi) is 8.99. The van der Waals surface area contributed by atoms with Crippen molar-refractivity contribution in [2.24, 2.45) is 0 Å². The highest BCUT2D eigenvalue weighted by molar-refractivity contribution is 5.85. The van der Waals surface area contributed by atoms with Gasteiger partial charge in [-0.1, -0.05) is 74.0 Å². The smallest absolute Gasteiger partial charge is 0.124 e. The normalized spacial score (nSPS) is 11.5. The largest absolute Gasteiger partial charge is 0.489 e. The van der Waals surface area contributed by atoms with Gasteiger partial charge in [0.1, 0.15) is 18.2 Å². The van der Waals surface area contributed by atoms with Crippen molar-refractivity contribution in [1.29, 1.82) is 0 Å². The first-order valence-electron chi connectivity index (χ1n) is 9.49. The minimum absolute atomic E-state index is 0. The molecule has 0 aliphatic heterocycles. The average molecular weight is 400 g/mol. The molecular weight excluding hydrogens is 373 g/mol. The molecule has 0 radical (unpaired) electrons. The number of para-hydroxylation sites is 1. The van der Waals surface area contributed by atoms with Crippen LogP contribution in [-0.4, -0.2) is 0 Å². The van der Waals surface area contributed by atoms with Crippen molar-refractivity contribution in [2.75, 3.05) is 0 Å². The van der Waals surface area contributed by atoms with Gasteiger partial charge in [0.15, 0.2) is 0 Å². The minimum atomic E-state index is -0.230. The van der Waals surface area contributed by atoms with Crippen LogP contribution in [0.4, 0.5) is 4.39 Å². The molecule has 3 rings (SSSR count).